The lowest BCUT2D eigenvalue weighted by Crippen LogP contribution is -2.49. The number of benzene rings is 1. The number of halogens is 6. The summed E-state index contributed by atoms with van der Waals surface area (Å²) in [5.41, 5.74) is 0.338. The summed E-state index contributed by atoms with van der Waals surface area (Å²) in [7, 11) is 0. The van der Waals surface area contributed by atoms with E-state index < -0.39 is 12.2 Å². The van der Waals surface area contributed by atoms with Gasteiger partial charge in [0.05, 0.1) is 0 Å². The molecule has 22 heavy (non-hydrogen) atoms. The standard InChI is InChI=1S/C13H16BrF3N2O.2ClH/c1-8-6-9(14)7-10(11(8)20)12(13(15,16)17)19-4-2-18-3-5-19;;/h6-7,12,18,20H,2-5H2,1H3;2*1H/t12-;;/m1../s1. The highest BCUT2D eigenvalue weighted by atomic mass is 79.9. The molecule has 0 aliphatic carbocycles. The molecular weight excluding hydrogens is 408 g/mol. The first-order valence-electron chi connectivity index (χ1n) is 6.31. The fraction of sp³-hybridized carbons (Fsp3) is 0.538. The van der Waals surface area contributed by atoms with Crippen molar-refractivity contribution in [2.45, 2.75) is 19.1 Å². The largest absolute Gasteiger partial charge is 0.507 e. The van der Waals surface area contributed by atoms with Crippen molar-refractivity contribution >= 4 is 40.7 Å². The van der Waals surface area contributed by atoms with Crippen molar-refractivity contribution in [1.29, 1.82) is 0 Å². The third kappa shape index (κ3) is 4.89. The number of aromatic hydroxyl groups is 1. The van der Waals surface area contributed by atoms with Gasteiger partial charge in [-0.25, -0.2) is 0 Å². The van der Waals surface area contributed by atoms with Crippen molar-refractivity contribution in [3.05, 3.63) is 27.7 Å². The summed E-state index contributed by atoms with van der Waals surface area (Å²) >= 11 is 3.20. The van der Waals surface area contributed by atoms with E-state index in [2.05, 4.69) is 21.2 Å². The smallest absolute Gasteiger partial charge is 0.408 e. The SMILES string of the molecule is Cc1cc(Br)cc([C@@H](N2CCNCC2)C(F)(F)F)c1O.Cl.Cl. The molecule has 1 atom stereocenters. The van der Waals surface area contributed by atoms with Crippen LogP contribution in [-0.2, 0) is 0 Å². The summed E-state index contributed by atoms with van der Waals surface area (Å²) in [6.07, 6.45) is -4.43. The van der Waals surface area contributed by atoms with Crippen molar-refractivity contribution in [1.82, 2.24) is 10.2 Å². The molecule has 0 saturated carbocycles. The number of nitrogens with one attached hydrogen (secondary N) is 1. The molecule has 0 amide bonds. The minimum Gasteiger partial charge on any atom is -0.507 e. The molecular formula is C13H18BrCl2F3N2O. The first-order chi connectivity index (χ1) is 9.30. The van der Waals surface area contributed by atoms with Gasteiger partial charge >= 0.3 is 6.18 Å². The fourth-order valence-corrected chi connectivity index (χ4v) is 3.08. The molecule has 2 rings (SSSR count). The molecule has 1 heterocycles. The Bertz CT molecular complexity index is 497. The van der Waals surface area contributed by atoms with E-state index in [1.807, 2.05) is 0 Å². The summed E-state index contributed by atoms with van der Waals surface area (Å²) in [4.78, 5) is 1.36. The van der Waals surface area contributed by atoms with E-state index in [-0.39, 0.29) is 36.1 Å². The van der Waals surface area contributed by atoms with Crippen molar-refractivity contribution in [3.63, 3.8) is 0 Å². The zero-order valence-electron chi connectivity index (χ0n) is 11.8. The summed E-state index contributed by atoms with van der Waals surface area (Å²) in [6, 6.07) is 1.17. The highest BCUT2D eigenvalue weighted by Crippen LogP contribution is 2.43. The zero-order chi connectivity index (χ0) is 14.9. The van der Waals surface area contributed by atoms with Crippen molar-refractivity contribution < 1.29 is 18.3 Å². The van der Waals surface area contributed by atoms with E-state index in [0.717, 1.165) is 0 Å². The Morgan fingerprint density at radius 2 is 1.77 bits per heavy atom. The summed E-state index contributed by atoms with van der Waals surface area (Å²) in [5.74, 6) is -0.283. The molecule has 1 aliphatic heterocycles. The number of piperazine rings is 1. The van der Waals surface area contributed by atoms with Crippen LogP contribution in [0, 0.1) is 6.92 Å². The van der Waals surface area contributed by atoms with Gasteiger partial charge in [-0.1, -0.05) is 15.9 Å². The molecule has 1 aromatic carbocycles. The number of aryl methyl sites for hydroxylation is 1. The zero-order valence-corrected chi connectivity index (χ0v) is 15.0. The molecule has 0 radical (unpaired) electrons. The third-order valence-electron chi connectivity index (χ3n) is 3.42. The van der Waals surface area contributed by atoms with Crippen LogP contribution in [0.2, 0.25) is 0 Å². The lowest BCUT2D eigenvalue weighted by Gasteiger charge is -2.36. The Balaban J connectivity index is 0.00000220. The van der Waals surface area contributed by atoms with Gasteiger partial charge in [-0.2, -0.15) is 13.2 Å². The molecule has 0 unspecified atom stereocenters. The second-order valence-corrected chi connectivity index (χ2v) is 5.81. The Morgan fingerprint density at radius 3 is 2.27 bits per heavy atom. The molecule has 3 nitrogen and oxygen atoms in total. The van der Waals surface area contributed by atoms with Crippen LogP contribution in [-0.4, -0.2) is 42.4 Å². The summed E-state index contributed by atoms with van der Waals surface area (Å²) in [5, 5.41) is 13.1. The number of alkyl halides is 3. The van der Waals surface area contributed by atoms with E-state index in [1.165, 1.54) is 11.0 Å². The molecule has 1 aromatic rings. The first kappa shape index (κ1) is 21.8. The van der Waals surface area contributed by atoms with E-state index in [4.69, 9.17) is 0 Å². The molecule has 9 heteroatoms. The lowest BCUT2D eigenvalue weighted by atomic mass is 10.00. The maximum Gasteiger partial charge on any atom is 0.408 e. The van der Waals surface area contributed by atoms with E-state index in [9.17, 15) is 18.3 Å². The Labute approximate surface area is 148 Å². The topological polar surface area (TPSA) is 35.5 Å². The number of nitrogens with zero attached hydrogens (tertiary/aromatic N) is 1. The molecule has 1 fully saturated rings. The van der Waals surface area contributed by atoms with Gasteiger partial charge in [-0.05, 0) is 24.6 Å². The minimum absolute atomic E-state index is 0. The van der Waals surface area contributed by atoms with Crippen LogP contribution in [0.4, 0.5) is 13.2 Å². The van der Waals surface area contributed by atoms with Gasteiger partial charge in [0, 0.05) is 36.2 Å². The van der Waals surface area contributed by atoms with Crippen LogP contribution < -0.4 is 5.32 Å². The Hall–Kier alpha value is -0.210. The average Bonchev–Trinajstić information content (AvgIpc) is 2.35. The van der Waals surface area contributed by atoms with Gasteiger partial charge in [0.25, 0.3) is 0 Å². The Kier molecular flexibility index (Phi) is 8.51. The highest BCUT2D eigenvalue weighted by molar-refractivity contribution is 9.10. The van der Waals surface area contributed by atoms with Crippen LogP contribution in [0.1, 0.15) is 17.2 Å². The van der Waals surface area contributed by atoms with Crippen molar-refractivity contribution in [3.8, 4) is 5.75 Å². The maximum absolute atomic E-state index is 13.4. The fourth-order valence-electron chi connectivity index (χ4n) is 2.49. The second-order valence-electron chi connectivity index (χ2n) is 4.89. The lowest BCUT2D eigenvalue weighted by molar-refractivity contribution is -0.188. The normalized spacial score (nSPS) is 17.3. The van der Waals surface area contributed by atoms with Crippen LogP contribution >= 0.6 is 40.7 Å². The Morgan fingerprint density at radius 1 is 1.23 bits per heavy atom. The number of hydrogen-bond acceptors (Lipinski definition) is 3. The van der Waals surface area contributed by atoms with Gasteiger partial charge in [0.15, 0.2) is 0 Å². The first-order valence-corrected chi connectivity index (χ1v) is 7.10. The number of hydrogen-bond donors (Lipinski definition) is 2. The van der Waals surface area contributed by atoms with Gasteiger partial charge in [-0.3, -0.25) is 4.90 Å². The van der Waals surface area contributed by atoms with Crippen LogP contribution in [0.5, 0.6) is 5.75 Å². The molecule has 128 valence electrons. The van der Waals surface area contributed by atoms with E-state index >= 15 is 0 Å². The summed E-state index contributed by atoms with van der Waals surface area (Å²) < 4.78 is 40.9. The van der Waals surface area contributed by atoms with Gasteiger partial charge in [0.2, 0.25) is 0 Å². The van der Waals surface area contributed by atoms with E-state index in [1.54, 1.807) is 13.0 Å². The van der Waals surface area contributed by atoms with Crippen molar-refractivity contribution in [2.75, 3.05) is 26.2 Å². The monoisotopic (exact) mass is 424 g/mol. The minimum atomic E-state index is -4.43. The number of phenolic OH excluding ortho intramolecular Hbond substituents is 1. The number of rotatable bonds is 2. The molecule has 0 spiro atoms. The third-order valence-corrected chi connectivity index (χ3v) is 3.87. The highest BCUT2D eigenvalue weighted by Gasteiger charge is 2.46. The molecule has 1 saturated heterocycles. The summed E-state index contributed by atoms with van der Waals surface area (Å²) in [6.45, 7) is 3.22. The quantitative estimate of drug-likeness (QED) is 0.756. The maximum atomic E-state index is 13.4. The van der Waals surface area contributed by atoms with E-state index in [0.29, 0.717) is 36.2 Å². The second kappa shape index (κ2) is 8.59. The number of phenols is 1. The van der Waals surface area contributed by atoms with Gasteiger partial charge < -0.3 is 10.4 Å². The molecule has 1 aliphatic rings. The molecule has 2 N–H and O–H groups in total. The average molecular weight is 426 g/mol. The van der Waals surface area contributed by atoms with Crippen LogP contribution in [0.15, 0.2) is 16.6 Å². The molecule has 0 bridgehead atoms. The predicted molar refractivity (Wildman–Crippen MR) is 88.3 cm³/mol. The predicted octanol–water partition coefficient (Wildman–Crippen LogP) is 3.82. The van der Waals surface area contributed by atoms with Gasteiger partial charge in [0.1, 0.15) is 11.8 Å². The van der Waals surface area contributed by atoms with Crippen LogP contribution in [0.3, 0.4) is 0 Å². The van der Waals surface area contributed by atoms with Crippen molar-refractivity contribution in [2.24, 2.45) is 0 Å². The molecule has 0 aromatic heterocycles. The van der Waals surface area contributed by atoms with Gasteiger partial charge in [-0.15, -0.1) is 24.8 Å². The van der Waals surface area contributed by atoms with Crippen LogP contribution in [0.25, 0.3) is 0 Å².